The van der Waals surface area contributed by atoms with Gasteiger partial charge in [-0.25, -0.2) is 0 Å². The molecule has 0 atom stereocenters. The largest absolute Gasteiger partial charge is 0.484 e. The first-order chi connectivity index (χ1) is 12.1. The van der Waals surface area contributed by atoms with Crippen molar-refractivity contribution in [1.82, 2.24) is 15.5 Å². The Morgan fingerprint density at radius 1 is 1.28 bits per heavy atom. The summed E-state index contributed by atoms with van der Waals surface area (Å²) < 4.78 is 10.7. The number of thiophene rings is 1. The summed E-state index contributed by atoms with van der Waals surface area (Å²) in [5.74, 6) is 1.82. The van der Waals surface area contributed by atoms with Crippen LogP contribution in [0.1, 0.15) is 30.5 Å². The third-order valence-electron chi connectivity index (χ3n) is 3.47. The van der Waals surface area contributed by atoms with E-state index in [9.17, 15) is 4.79 Å². The van der Waals surface area contributed by atoms with Crippen LogP contribution in [0.3, 0.4) is 0 Å². The van der Waals surface area contributed by atoms with Gasteiger partial charge in [-0.2, -0.15) is 4.98 Å². The van der Waals surface area contributed by atoms with Crippen LogP contribution in [0, 0.1) is 0 Å². The van der Waals surface area contributed by atoms with E-state index in [1.165, 1.54) is 0 Å². The summed E-state index contributed by atoms with van der Waals surface area (Å²) in [6, 6.07) is 11.2. The monoisotopic (exact) mass is 357 g/mol. The summed E-state index contributed by atoms with van der Waals surface area (Å²) in [6.07, 6.45) is 0. The molecule has 1 aromatic carbocycles. The molecule has 0 saturated carbocycles. The summed E-state index contributed by atoms with van der Waals surface area (Å²) in [4.78, 5) is 17.3. The quantitative estimate of drug-likeness (QED) is 0.699. The van der Waals surface area contributed by atoms with Gasteiger partial charge in [-0.3, -0.25) is 4.79 Å². The molecule has 2 heterocycles. The zero-order valence-electron chi connectivity index (χ0n) is 14.1. The summed E-state index contributed by atoms with van der Waals surface area (Å²) in [6.45, 7) is 4.51. The van der Waals surface area contributed by atoms with Gasteiger partial charge in [-0.15, -0.1) is 11.3 Å². The van der Waals surface area contributed by atoms with Crippen LogP contribution in [-0.2, 0) is 11.3 Å². The number of aromatic nitrogens is 2. The van der Waals surface area contributed by atoms with E-state index >= 15 is 0 Å². The lowest BCUT2D eigenvalue weighted by molar-refractivity contribution is -0.123. The van der Waals surface area contributed by atoms with E-state index in [1.54, 1.807) is 23.5 Å². The molecule has 0 aliphatic carbocycles. The lowest BCUT2D eigenvalue weighted by Crippen LogP contribution is -2.28. The molecule has 2 aromatic heterocycles. The van der Waals surface area contributed by atoms with Crippen molar-refractivity contribution in [2.45, 2.75) is 26.3 Å². The maximum Gasteiger partial charge on any atom is 0.258 e. The van der Waals surface area contributed by atoms with Crippen molar-refractivity contribution in [3.63, 3.8) is 0 Å². The van der Waals surface area contributed by atoms with Crippen LogP contribution < -0.4 is 10.1 Å². The number of amides is 1. The molecule has 0 fully saturated rings. The molecule has 0 saturated heterocycles. The molecule has 7 heteroatoms. The van der Waals surface area contributed by atoms with Crippen LogP contribution in [0.25, 0.3) is 11.5 Å². The van der Waals surface area contributed by atoms with Crippen molar-refractivity contribution in [1.29, 1.82) is 0 Å². The van der Waals surface area contributed by atoms with E-state index in [4.69, 9.17) is 9.26 Å². The molecule has 25 heavy (non-hydrogen) atoms. The second-order valence-corrected chi connectivity index (χ2v) is 6.81. The number of rotatable bonds is 7. The summed E-state index contributed by atoms with van der Waals surface area (Å²) in [7, 11) is 0. The van der Waals surface area contributed by atoms with Crippen LogP contribution in [0.15, 0.2) is 46.3 Å². The smallest absolute Gasteiger partial charge is 0.258 e. The van der Waals surface area contributed by atoms with E-state index in [0.29, 0.717) is 24.0 Å². The van der Waals surface area contributed by atoms with Crippen LogP contribution >= 0.6 is 11.3 Å². The summed E-state index contributed by atoms with van der Waals surface area (Å²) in [5, 5.41) is 8.74. The predicted octanol–water partition coefficient (Wildman–Crippen LogP) is 3.62. The number of ether oxygens (including phenoxy) is 1. The summed E-state index contributed by atoms with van der Waals surface area (Å²) >= 11 is 1.61. The van der Waals surface area contributed by atoms with Gasteiger partial charge in [-0.05, 0) is 35.7 Å². The molecule has 0 bridgehead atoms. The molecule has 1 amide bonds. The molecular formula is C18H19N3O3S. The predicted molar refractivity (Wildman–Crippen MR) is 95.5 cm³/mol. The van der Waals surface area contributed by atoms with E-state index in [0.717, 1.165) is 10.4 Å². The Labute approximate surface area is 149 Å². The van der Waals surface area contributed by atoms with E-state index in [1.807, 2.05) is 43.5 Å². The van der Waals surface area contributed by atoms with Crippen LogP contribution in [0.2, 0.25) is 0 Å². The van der Waals surface area contributed by atoms with Crippen LogP contribution in [0.4, 0.5) is 0 Å². The Morgan fingerprint density at radius 3 is 2.72 bits per heavy atom. The number of hydrogen-bond donors (Lipinski definition) is 1. The highest BCUT2D eigenvalue weighted by atomic mass is 32.1. The Kier molecular flexibility index (Phi) is 5.45. The lowest BCUT2D eigenvalue weighted by Gasteiger charge is -2.07. The number of carbonyl (C=O) groups excluding carboxylic acids is 1. The first-order valence-electron chi connectivity index (χ1n) is 7.98. The Morgan fingerprint density at radius 2 is 2.08 bits per heavy atom. The van der Waals surface area contributed by atoms with Gasteiger partial charge in [0.25, 0.3) is 11.8 Å². The molecule has 130 valence electrons. The Balaban J connectivity index is 1.51. The minimum absolute atomic E-state index is 0.0250. The highest BCUT2D eigenvalue weighted by molar-refractivity contribution is 7.09. The fourth-order valence-corrected chi connectivity index (χ4v) is 2.72. The molecule has 0 radical (unpaired) electrons. The molecule has 0 aliphatic rings. The third-order valence-corrected chi connectivity index (χ3v) is 4.35. The normalized spacial score (nSPS) is 10.8. The fraction of sp³-hybridized carbons (Fsp3) is 0.278. The maximum absolute atomic E-state index is 11.8. The highest BCUT2D eigenvalue weighted by Crippen LogP contribution is 2.22. The van der Waals surface area contributed by atoms with Gasteiger partial charge in [0.15, 0.2) is 12.4 Å². The number of benzene rings is 1. The van der Waals surface area contributed by atoms with Crippen LogP contribution in [0.5, 0.6) is 5.75 Å². The van der Waals surface area contributed by atoms with Crippen molar-refractivity contribution >= 4 is 17.2 Å². The van der Waals surface area contributed by atoms with Gasteiger partial charge >= 0.3 is 0 Å². The fourth-order valence-electron chi connectivity index (χ4n) is 2.08. The van der Waals surface area contributed by atoms with Crippen molar-refractivity contribution in [2.24, 2.45) is 0 Å². The first kappa shape index (κ1) is 17.2. The van der Waals surface area contributed by atoms with Gasteiger partial charge in [0.1, 0.15) is 5.75 Å². The lowest BCUT2D eigenvalue weighted by atomic mass is 10.2. The van der Waals surface area contributed by atoms with E-state index in [-0.39, 0.29) is 18.4 Å². The molecule has 0 aliphatic heterocycles. The van der Waals surface area contributed by atoms with Gasteiger partial charge in [-0.1, -0.05) is 25.1 Å². The molecule has 0 spiro atoms. The first-order valence-corrected chi connectivity index (χ1v) is 8.85. The van der Waals surface area contributed by atoms with Gasteiger partial charge in [0.05, 0.1) is 6.54 Å². The highest BCUT2D eigenvalue weighted by Gasteiger charge is 2.11. The van der Waals surface area contributed by atoms with E-state index < -0.39 is 0 Å². The number of nitrogens with one attached hydrogen (secondary N) is 1. The molecule has 6 nitrogen and oxygen atoms in total. The molecular weight excluding hydrogens is 338 g/mol. The SMILES string of the molecule is CC(C)c1noc(-c2ccc(OCC(=O)NCc3cccs3)cc2)n1. The minimum Gasteiger partial charge on any atom is -0.484 e. The van der Waals surface area contributed by atoms with Crippen LogP contribution in [-0.4, -0.2) is 22.7 Å². The average Bonchev–Trinajstić information content (AvgIpc) is 3.30. The zero-order valence-corrected chi connectivity index (χ0v) is 14.9. The molecule has 3 aromatic rings. The zero-order chi connectivity index (χ0) is 17.6. The molecule has 3 rings (SSSR count). The number of carbonyl (C=O) groups is 1. The number of nitrogens with zero attached hydrogens (tertiary/aromatic N) is 2. The third kappa shape index (κ3) is 4.67. The Hall–Kier alpha value is -2.67. The standard InChI is InChI=1S/C18H19N3O3S/c1-12(2)17-20-18(24-21-17)13-5-7-14(8-6-13)23-11-16(22)19-10-15-4-3-9-25-15/h3-9,12H,10-11H2,1-2H3,(H,19,22). The molecule has 0 unspecified atom stereocenters. The maximum atomic E-state index is 11.8. The minimum atomic E-state index is -0.157. The second-order valence-electron chi connectivity index (χ2n) is 5.78. The van der Waals surface area contributed by atoms with Gasteiger partial charge < -0.3 is 14.6 Å². The van der Waals surface area contributed by atoms with Gasteiger partial charge in [0.2, 0.25) is 0 Å². The average molecular weight is 357 g/mol. The van der Waals surface area contributed by atoms with E-state index in [2.05, 4.69) is 15.5 Å². The number of hydrogen-bond acceptors (Lipinski definition) is 6. The van der Waals surface area contributed by atoms with Crippen molar-refractivity contribution in [3.05, 3.63) is 52.5 Å². The second kappa shape index (κ2) is 7.94. The van der Waals surface area contributed by atoms with Crippen molar-refractivity contribution in [2.75, 3.05) is 6.61 Å². The van der Waals surface area contributed by atoms with Crippen molar-refractivity contribution in [3.8, 4) is 17.2 Å². The topological polar surface area (TPSA) is 77.2 Å². The van der Waals surface area contributed by atoms with Crippen molar-refractivity contribution < 1.29 is 14.1 Å². The Bertz CT molecular complexity index is 810. The molecule has 1 N–H and O–H groups in total. The summed E-state index contributed by atoms with van der Waals surface area (Å²) in [5.41, 5.74) is 0.814. The van der Waals surface area contributed by atoms with Gasteiger partial charge in [0, 0.05) is 16.4 Å².